The summed E-state index contributed by atoms with van der Waals surface area (Å²) in [6.45, 7) is 3.19. The van der Waals surface area contributed by atoms with Crippen molar-refractivity contribution in [2.45, 2.75) is 12.4 Å². The largest absolute Gasteiger partial charge is 0.490 e. The highest BCUT2D eigenvalue weighted by molar-refractivity contribution is 6.01. The van der Waals surface area contributed by atoms with Crippen molar-refractivity contribution in [1.29, 1.82) is 0 Å². The third kappa shape index (κ3) is 8.01. The summed E-state index contributed by atoms with van der Waals surface area (Å²) in [6, 6.07) is 11.7. The molecule has 0 saturated carbocycles. The van der Waals surface area contributed by atoms with Gasteiger partial charge in [-0.05, 0) is 36.4 Å². The third-order valence-corrected chi connectivity index (χ3v) is 5.56. The number of nitrogens with zero attached hydrogens (tertiary/aromatic N) is 3. The minimum Gasteiger partial charge on any atom is -0.475 e. The van der Waals surface area contributed by atoms with E-state index < -0.39 is 24.3 Å². The van der Waals surface area contributed by atoms with E-state index in [1.165, 1.54) is 0 Å². The minimum atomic E-state index is -5.08. The number of rotatable bonds is 2. The molecule has 0 atom stereocenters. The molecule has 12 nitrogen and oxygen atoms in total. The molecule has 0 amide bonds. The van der Waals surface area contributed by atoms with Gasteiger partial charge < -0.3 is 36.0 Å². The van der Waals surface area contributed by atoms with Crippen LogP contribution in [0.4, 0.5) is 37.7 Å². The third-order valence-electron chi connectivity index (χ3n) is 5.56. The van der Waals surface area contributed by atoms with Gasteiger partial charge in [0.15, 0.2) is 17.3 Å². The van der Waals surface area contributed by atoms with Crippen LogP contribution in [0.15, 0.2) is 51.2 Å². The lowest BCUT2D eigenvalue weighted by molar-refractivity contribution is -0.193. The Balaban J connectivity index is 0.000000289. The molecule has 0 bridgehead atoms. The van der Waals surface area contributed by atoms with Gasteiger partial charge in [0.2, 0.25) is 0 Å². The fraction of sp³-hybridized carbons (Fsp3) is 0.292. The number of hydrogen-bond donors (Lipinski definition) is 6. The van der Waals surface area contributed by atoms with E-state index >= 15 is 0 Å². The van der Waals surface area contributed by atoms with Crippen LogP contribution in [-0.2, 0) is 16.6 Å². The Morgan fingerprint density at radius 2 is 1.14 bits per heavy atom. The van der Waals surface area contributed by atoms with E-state index in [0.717, 1.165) is 60.5 Å². The molecule has 226 valence electrons. The molecule has 3 heterocycles. The van der Waals surface area contributed by atoms with Gasteiger partial charge in [-0.2, -0.15) is 26.3 Å². The number of carboxylic acids is 2. The van der Waals surface area contributed by atoms with E-state index in [4.69, 9.17) is 19.8 Å². The van der Waals surface area contributed by atoms with Crippen molar-refractivity contribution in [1.82, 2.24) is 15.2 Å². The van der Waals surface area contributed by atoms with Gasteiger partial charge in [-0.25, -0.2) is 9.59 Å². The lowest BCUT2D eigenvalue weighted by Gasteiger charge is -2.14. The molecule has 2 aliphatic heterocycles. The average Bonchev–Trinajstić information content (AvgIpc) is 3.61. The first kappa shape index (κ1) is 31.5. The first-order chi connectivity index (χ1) is 19.6. The Kier molecular flexibility index (Phi) is 9.49. The molecule has 0 radical (unpaired) electrons. The molecule has 3 aromatic rings. The SMILES string of the molecule is Cn1c2ccc(NC3=NCCN3)cc2c(=O)c2cc(NC3=NCCN3)ccc21.O=C(O)C(F)(F)F.O=C(O)C(F)(F)F. The van der Waals surface area contributed by atoms with Crippen LogP contribution in [0.3, 0.4) is 0 Å². The molecule has 18 heteroatoms. The molecule has 0 spiro atoms. The number of aromatic nitrogens is 1. The number of aliphatic carboxylic acids is 2. The van der Waals surface area contributed by atoms with Crippen LogP contribution < -0.4 is 26.7 Å². The van der Waals surface area contributed by atoms with Crippen LogP contribution in [0.5, 0.6) is 0 Å². The monoisotopic (exact) mass is 603 g/mol. The van der Waals surface area contributed by atoms with E-state index in [-0.39, 0.29) is 5.43 Å². The van der Waals surface area contributed by atoms with Crippen molar-refractivity contribution < 1.29 is 46.1 Å². The number of carboxylic acid groups (broad SMARTS) is 2. The van der Waals surface area contributed by atoms with E-state index in [1.54, 1.807) is 0 Å². The van der Waals surface area contributed by atoms with E-state index in [9.17, 15) is 31.1 Å². The van der Waals surface area contributed by atoms with Crippen LogP contribution in [-0.4, -0.2) is 77.2 Å². The normalized spacial score (nSPS) is 14.4. The van der Waals surface area contributed by atoms with Gasteiger partial charge >= 0.3 is 24.3 Å². The van der Waals surface area contributed by atoms with Crippen molar-refractivity contribution in [3.05, 3.63) is 46.6 Å². The van der Waals surface area contributed by atoms with Gasteiger partial charge in [0.25, 0.3) is 0 Å². The zero-order valence-electron chi connectivity index (χ0n) is 21.5. The van der Waals surface area contributed by atoms with Gasteiger partial charge in [0, 0.05) is 42.3 Å². The number of hydrogen-bond acceptors (Lipinski definition) is 9. The van der Waals surface area contributed by atoms with Crippen LogP contribution in [0.2, 0.25) is 0 Å². The number of pyridine rings is 1. The number of fused-ring (bicyclic) bond motifs is 2. The number of aliphatic imine (C=N–C) groups is 2. The Morgan fingerprint density at radius 3 is 1.43 bits per heavy atom. The quantitative estimate of drug-likeness (QED) is 0.191. The Bertz CT molecular complexity index is 1500. The summed E-state index contributed by atoms with van der Waals surface area (Å²) in [5.41, 5.74) is 3.49. The van der Waals surface area contributed by atoms with Crippen LogP contribution in [0.1, 0.15) is 0 Å². The van der Waals surface area contributed by atoms with Crippen molar-refractivity contribution in [2.75, 3.05) is 36.8 Å². The molecular formula is C24H23F6N7O5. The lowest BCUT2D eigenvalue weighted by atomic mass is 10.1. The molecule has 2 aliphatic rings. The predicted octanol–water partition coefficient (Wildman–Crippen LogP) is 2.70. The van der Waals surface area contributed by atoms with Crippen molar-refractivity contribution in [3.63, 3.8) is 0 Å². The molecular weight excluding hydrogens is 580 g/mol. The fourth-order valence-electron chi connectivity index (χ4n) is 3.69. The summed E-state index contributed by atoms with van der Waals surface area (Å²) in [5, 5.41) is 28.4. The second-order valence-electron chi connectivity index (χ2n) is 8.52. The van der Waals surface area contributed by atoms with Crippen LogP contribution >= 0.6 is 0 Å². The van der Waals surface area contributed by atoms with Crippen molar-refractivity contribution >= 4 is 57.0 Å². The minimum absolute atomic E-state index is 0.0121. The first-order valence-electron chi connectivity index (χ1n) is 11.9. The predicted molar refractivity (Wildman–Crippen MR) is 142 cm³/mol. The number of nitrogens with one attached hydrogen (secondary N) is 4. The van der Waals surface area contributed by atoms with Crippen molar-refractivity contribution in [2.24, 2.45) is 17.0 Å². The molecule has 0 unspecified atom stereocenters. The van der Waals surface area contributed by atoms with Gasteiger partial charge in [-0.1, -0.05) is 0 Å². The Hall–Kier alpha value is -5.03. The van der Waals surface area contributed by atoms with Crippen molar-refractivity contribution in [3.8, 4) is 0 Å². The average molecular weight is 603 g/mol. The van der Waals surface area contributed by atoms with E-state index in [0.29, 0.717) is 10.8 Å². The molecule has 6 N–H and O–H groups in total. The summed E-state index contributed by atoms with van der Waals surface area (Å²) in [6.07, 6.45) is -10.2. The summed E-state index contributed by atoms with van der Waals surface area (Å²) < 4.78 is 65.5. The number of carbonyl (C=O) groups is 2. The highest BCUT2D eigenvalue weighted by Gasteiger charge is 2.38. The second-order valence-corrected chi connectivity index (χ2v) is 8.52. The maximum Gasteiger partial charge on any atom is 0.490 e. The molecule has 2 aromatic carbocycles. The second kappa shape index (κ2) is 12.6. The zero-order chi connectivity index (χ0) is 31.2. The zero-order valence-corrected chi connectivity index (χ0v) is 21.5. The van der Waals surface area contributed by atoms with Gasteiger partial charge in [-0.3, -0.25) is 14.8 Å². The standard InChI is InChI=1S/C20H21N7O.2C2HF3O2/c1-27-16-4-2-12(25-19-21-6-7-22-19)10-14(16)18(28)15-11-13(3-5-17(15)27)26-20-23-8-9-24-20;2*3-2(4,5)1(6)7/h2-5,10-11H,6-9H2,1H3,(H2,21,22,25)(H2,23,24,26);2*(H,6,7). The first-order valence-corrected chi connectivity index (χ1v) is 11.9. The molecule has 0 fully saturated rings. The smallest absolute Gasteiger partial charge is 0.475 e. The topological polar surface area (TPSA) is 169 Å². The number of guanidine groups is 2. The highest BCUT2D eigenvalue weighted by atomic mass is 19.4. The number of aryl methyl sites for hydroxylation is 1. The summed E-state index contributed by atoms with van der Waals surface area (Å²) in [7, 11) is 1.98. The molecule has 42 heavy (non-hydrogen) atoms. The van der Waals surface area contributed by atoms with Crippen LogP contribution in [0, 0.1) is 0 Å². The Morgan fingerprint density at radius 1 is 0.786 bits per heavy atom. The fourth-order valence-corrected chi connectivity index (χ4v) is 3.69. The number of anilines is 2. The molecule has 0 aliphatic carbocycles. The molecule has 1 aromatic heterocycles. The molecule has 0 saturated heterocycles. The summed E-state index contributed by atoms with van der Waals surface area (Å²) >= 11 is 0. The van der Waals surface area contributed by atoms with E-state index in [2.05, 4.69) is 35.8 Å². The van der Waals surface area contributed by atoms with Gasteiger partial charge in [0.05, 0.1) is 24.1 Å². The van der Waals surface area contributed by atoms with Crippen LogP contribution in [0.25, 0.3) is 21.8 Å². The summed E-state index contributed by atoms with van der Waals surface area (Å²) in [5.74, 6) is -4.03. The van der Waals surface area contributed by atoms with Gasteiger partial charge in [-0.15, -0.1) is 0 Å². The Labute approximate surface area is 231 Å². The number of halogens is 6. The maximum absolute atomic E-state index is 13.3. The number of alkyl halides is 6. The lowest BCUT2D eigenvalue weighted by Crippen LogP contribution is -2.26. The number of benzene rings is 2. The maximum atomic E-state index is 13.3. The van der Waals surface area contributed by atoms with Gasteiger partial charge in [0.1, 0.15) is 0 Å². The highest BCUT2D eigenvalue weighted by Crippen LogP contribution is 2.23. The molecule has 5 rings (SSSR count). The summed E-state index contributed by atoms with van der Waals surface area (Å²) in [4.78, 5) is 39.7. The van der Waals surface area contributed by atoms with E-state index in [1.807, 2.05) is 43.4 Å².